The van der Waals surface area contributed by atoms with Crippen LogP contribution in [0.4, 0.5) is 0 Å². The smallest absolute Gasteiger partial charge is 0.155 e. The highest BCUT2D eigenvalue weighted by Gasteiger charge is 2.32. The zero-order valence-corrected chi connectivity index (χ0v) is 19.7. The molecule has 27 heavy (non-hydrogen) atoms. The van der Waals surface area contributed by atoms with Gasteiger partial charge in [-0.05, 0) is 62.2 Å². The minimum absolute atomic E-state index is 0.0322. The number of hydrogen-bond acceptors (Lipinski definition) is 2. The summed E-state index contributed by atoms with van der Waals surface area (Å²) < 4.78 is 12.1. The standard InChI is InChI=1S/C22H42O2.C3H8/c1-17(22(3,4)5)20-11-13-21(14-12-20)24-18(2)23-16-15-19-9-7-6-8-10-19;1-3-2/h17-21H,6-16H2,1-5H3;3H2,1-2H3. The summed E-state index contributed by atoms with van der Waals surface area (Å²) in [6, 6.07) is 0. The summed E-state index contributed by atoms with van der Waals surface area (Å²) >= 11 is 0. The van der Waals surface area contributed by atoms with Crippen LogP contribution in [0.2, 0.25) is 0 Å². The van der Waals surface area contributed by atoms with E-state index in [2.05, 4.69) is 48.5 Å². The Bertz CT molecular complexity index is 346. The average molecular weight is 383 g/mol. The molecule has 2 fully saturated rings. The first-order valence-electron chi connectivity index (χ1n) is 12.0. The normalized spacial score (nSPS) is 26.8. The number of ether oxygens (including phenoxy) is 2. The van der Waals surface area contributed by atoms with Gasteiger partial charge in [-0.15, -0.1) is 0 Å². The summed E-state index contributed by atoms with van der Waals surface area (Å²) in [6.07, 6.45) is 15.0. The van der Waals surface area contributed by atoms with Crippen LogP contribution in [0.5, 0.6) is 0 Å². The molecule has 0 amide bonds. The van der Waals surface area contributed by atoms with Crippen LogP contribution < -0.4 is 0 Å². The van der Waals surface area contributed by atoms with Crippen LogP contribution in [0.15, 0.2) is 0 Å². The Balaban J connectivity index is 0.00000114. The molecule has 0 aliphatic heterocycles. The number of rotatable bonds is 7. The fraction of sp³-hybridized carbons (Fsp3) is 1.00. The predicted octanol–water partition coefficient (Wildman–Crippen LogP) is 7.99. The lowest BCUT2D eigenvalue weighted by atomic mass is 9.69. The summed E-state index contributed by atoms with van der Waals surface area (Å²) in [5, 5.41) is 0. The molecule has 0 bridgehead atoms. The summed E-state index contributed by atoms with van der Waals surface area (Å²) in [7, 11) is 0. The molecular weight excluding hydrogens is 332 g/mol. The zero-order valence-electron chi connectivity index (χ0n) is 19.7. The van der Waals surface area contributed by atoms with Crippen LogP contribution in [0.25, 0.3) is 0 Å². The molecule has 0 aromatic heterocycles. The van der Waals surface area contributed by atoms with E-state index in [0.717, 1.165) is 24.4 Å². The van der Waals surface area contributed by atoms with Gasteiger partial charge >= 0.3 is 0 Å². The molecule has 0 N–H and O–H groups in total. The van der Waals surface area contributed by atoms with Gasteiger partial charge in [0.2, 0.25) is 0 Å². The summed E-state index contributed by atoms with van der Waals surface area (Å²) in [5.41, 5.74) is 0.424. The minimum Gasteiger partial charge on any atom is -0.353 e. The van der Waals surface area contributed by atoms with E-state index in [-0.39, 0.29) is 6.29 Å². The maximum atomic E-state index is 6.17. The lowest BCUT2D eigenvalue weighted by Gasteiger charge is -2.39. The van der Waals surface area contributed by atoms with Crippen molar-refractivity contribution in [2.24, 2.45) is 23.2 Å². The third-order valence-corrected chi connectivity index (χ3v) is 6.78. The molecule has 0 spiro atoms. The third kappa shape index (κ3) is 10.3. The van der Waals surface area contributed by atoms with Crippen LogP contribution >= 0.6 is 0 Å². The maximum Gasteiger partial charge on any atom is 0.155 e. The van der Waals surface area contributed by atoms with Crippen molar-refractivity contribution in [1.82, 2.24) is 0 Å². The van der Waals surface area contributed by atoms with Crippen molar-refractivity contribution in [3.05, 3.63) is 0 Å². The molecule has 2 aliphatic carbocycles. The van der Waals surface area contributed by atoms with E-state index >= 15 is 0 Å². The SMILES string of the molecule is CC(OCCC1CCCCC1)OC1CCC(C(C)C(C)(C)C)CC1.CCC. The summed E-state index contributed by atoms with van der Waals surface area (Å²) in [6.45, 7) is 16.8. The zero-order chi connectivity index (χ0) is 20.3. The molecule has 2 unspecified atom stereocenters. The van der Waals surface area contributed by atoms with Crippen molar-refractivity contribution in [2.45, 2.75) is 131 Å². The summed E-state index contributed by atoms with van der Waals surface area (Å²) in [5.74, 6) is 2.57. The molecule has 0 radical (unpaired) electrons. The minimum atomic E-state index is -0.0322. The van der Waals surface area contributed by atoms with E-state index in [4.69, 9.17) is 9.47 Å². The van der Waals surface area contributed by atoms with Crippen molar-refractivity contribution in [3.63, 3.8) is 0 Å². The second kappa shape index (κ2) is 13.2. The van der Waals surface area contributed by atoms with Crippen molar-refractivity contribution < 1.29 is 9.47 Å². The Kier molecular flexibility index (Phi) is 12.2. The van der Waals surface area contributed by atoms with Gasteiger partial charge in [-0.3, -0.25) is 0 Å². The maximum absolute atomic E-state index is 6.17. The third-order valence-electron chi connectivity index (χ3n) is 6.78. The molecule has 2 rings (SSSR count). The van der Waals surface area contributed by atoms with Crippen LogP contribution in [0.3, 0.4) is 0 Å². The van der Waals surface area contributed by atoms with E-state index in [0.29, 0.717) is 11.5 Å². The van der Waals surface area contributed by atoms with Gasteiger partial charge in [0, 0.05) is 6.61 Å². The van der Waals surface area contributed by atoms with E-state index < -0.39 is 0 Å². The van der Waals surface area contributed by atoms with Crippen LogP contribution in [0, 0.1) is 23.2 Å². The predicted molar refractivity (Wildman–Crippen MR) is 118 cm³/mol. The second-order valence-electron chi connectivity index (χ2n) is 10.3. The molecule has 0 aromatic carbocycles. The van der Waals surface area contributed by atoms with Gasteiger partial charge in [-0.1, -0.05) is 80.1 Å². The first-order valence-corrected chi connectivity index (χ1v) is 12.0. The molecule has 2 heteroatoms. The largest absolute Gasteiger partial charge is 0.353 e. The van der Waals surface area contributed by atoms with Gasteiger partial charge in [0.05, 0.1) is 6.10 Å². The molecule has 0 aromatic rings. The summed E-state index contributed by atoms with van der Waals surface area (Å²) in [4.78, 5) is 0. The van der Waals surface area contributed by atoms with E-state index in [1.54, 1.807) is 0 Å². The first-order chi connectivity index (χ1) is 12.8. The van der Waals surface area contributed by atoms with Crippen molar-refractivity contribution in [1.29, 1.82) is 0 Å². The van der Waals surface area contributed by atoms with E-state index in [1.165, 1.54) is 70.6 Å². The van der Waals surface area contributed by atoms with Crippen molar-refractivity contribution in [2.75, 3.05) is 6.61 Å². The monoisotopic (exact) mass is 382 g/mol. The average Bonchev–Trinajstić information content (AvgIpc) is 2.62. The molecule has 162 valence electrons. The van der Waals surface area contributed by atoms with Gasteiger partial charge in [0.15, 0.2) is 6.29 Å². The fourth-order valence-corrected chi connectivity index (χ4v) is 4.62. The van der Waals surface area contributed by atoms with Crippen molar-refractivity contribution >= 4 is 0 Å². The second-order valence-corrected chi connectivity index (χ2v) is 10.3. The Morgan fingerprint density at radius 2 is 1.41 bits per heavy atom. The van der Waals surface area contributed by atoms with Gasteiger partial charge in [-0.25, -0.2) is 0 Å². The Morgan fingerprint density at radius 1 is 0.852 bits per heavy atom. The van der Waals surface area contributed by atoms with E-state index in [1.807, 2.05) is 0 Å². The first kappa shape index (κ1) is 25.0. The molecule has 2 nitrogen and oxygen atoms in total. The lowest BCUT2D eigenvalue weighted by Crippen LogP contribution is -2.32. The Morgan fingerprint density at radius 3 is 1.93 bits per heavy atom. The topological polar surface area (TPSA) is 18.5 Å². The molecular formula is C25H50O2. The van der Waals surface area contributed by atoms with Gasteiger partial charge in [0.25, 0.3) is 0 Å². The lowest BCUT2D eigenvalue weighted by molar-refractivity contribution is -0.171. The fourth-order valence-electron chi connectivity index (χ4n) is 4.62. The Hall–Kier alpha value is -0.0800. The molecule has 0 saturated heterocycles. The Labute approximate surface area is 171 Å². The van der Waals surface area contributed by atoms with Crippen molar-refractivity contribution in [3.8, 4) is 0 Å². The molecule has 2 atom stereocenters. The van der Waals surface area contributed by atoms with Gasteiger partial charge < -0.3 is 9.47 Å². The van der Waals surface area contributed by atoms with Crippen LogP contribution in [-0.4, -0.2) is 19.0 Å². The van der Waals surface area contributed by atoms with Gasteiger partial charge in [-0.2, -0.15) is 0 Å². The molecule has 0 heterocycles. The highest BCUT2D eigenvalue weighted by atomic mass is 16.7. The number of hydrogen-bond donors (Lipinski definition) is 0. The molecule has 2 saturated carbocycles. The van der Waals surface area contributed by atoms with E-state index in [9.17, 15) is 0 Å². The quantitative estimate of drug-likeness (QED) is 0.415. The van der Waals surface area contributed by atoms with Crippen LogP contribution in [-0.2, 0) is 9.47 Å². The highest BCUT2D eigenvalue weighted by Crippen LogP contribution is 2.40. The molecule has 2 aliphatic rings. The highest BCUT2D eigenvalue weighted by molar-refractivity contribution is 4.82. The van der Waals surface area contributed by atoms with Crippen LogP contribution in [0.1, 0.15) is 119 Å². The van der Waals surface area contributed by atoms with Gasteiger partial charge in [0.1, 0.15) is 0 Å².